The van der Waals surface area contributed by atoms with Crippen LogP contribution in [-0.2, 0) is 17.6 Å². The smallest absolute Gasteiger partial charge is 0.231 e. The van der Waals surface area contributed by atoms with Crippen molar-refractivity contribution in [2.45, 2.75) is 44.9 Å². The Kier molecular flexibility index (Phi) is 5.05. The van der Waals surface area contributed by atoms with E-state index in [-0.39, 0.29) is 11.8 Å². The van der Waals surface area contributed by atoms with E-state index in [1.807, 2.05) is 17.9 Å². The van der Waals surface area contributed by atoms with Gasteiger partial charge >= 0.3 is 0 Å². The van der Waals surface area contributed by atoms with Crippen molar-refractivity contribution in [1.82, 2.24) is 15.0 Å². The summed E-state index contributed by atoms with van der Waals surface area (Å²) in [4.78, 5) is 18.5. The van der Waals surface area contributed by atoms with Gasteiger partial charge in [-0.3, -0.25) is 4.79 Å². The average Bonchev–Trinajstić information content (AvgIpc) is 3.07. The maximum absolute atomic E-state index is 12.1. The molecule has 1 amide bonds. The molecule has 2 aromatic rings. The van der Waals surface area contributed by atoms with Crippen molar-refractivity contribution in [3.05, 3.63) is 47.6 Å². The number of piperidine rings is 1. The zero-order valence-corrected chi connectivity index (χ0v) is 13.6. The van der Waals surface area contributed by atoms with Crippen LogP contribution in [0.25, 0.3) is 0 Å². The van der Waals surface area contributed by atoms with E-state index in [4.69, 9.17) is 4.52 Å². The van der Waals surface area contributed by atoms with E-state index in [1.165, 1.54) is 5.56 Å². The van der Waals surface area contributed by atoms with Crippen molar-refractivity contribution in [1.29, 1.82) is 0 Å². The summed E-state index contributed by atoms with van der Waals surface area (Å²) in [5.74, 6) is 1.84. The largest absolute Gasteiger partial charge is 0.342 e. The molecule has 0 aliphatic carbocycles. The van der Waals surface area contributed by atoms with Crippen molar-refractivity contribution in [3.8, 4) is 0 Å². The van der Waals surface area contributed by atoms with Crippen LogP contribution < -0.4 is 0 Å². The first kappa shape index (κ1) is 15.7. The van der Waals surface area contributed by atoms with Crippen LogP contribution in [0.5, 0.6) is 0 Å². The van der Waals surface area contributed by atoms with Crippen LogP contribution in [0.4, 0.5) is 0 Å². The van der Waals surface area contributed by atoms with Crippen LogP contribution in [0.15, 0.2) is 34.9 Å². The molecule has 1 aromatic carbocycles. The molecular formula is C18H23N3O2. The quantitative estimate of drug-likeness (QED) is 0.822. The molecule has 3 rings (SSSR count). The van der Waals surface area contributed by atoms with Crippen LogP contribution in [-0.4, -0.2) is 34.0 Å². The Labute approximate surface area is 136 Å². The summed E-state index contributed by atoms with van der Waals surface area (Å²) in [6, 6.07) is 10.4. The van der Waals surface area contributed by atoms with Crippen LogP contribution in [0.3, 0.4) is 0 Å². The monoisotopic (exact) mass is 313 g/mol. The maximum atomic E-state index is 12.1. The Morgan fingerprint density at radius 1 is 1.30 bits per heavy atom. The number of aryl methyl sites for hydroxylation is 2. The minimum absolute atomic E-state index is 0.178. The summed E-state index contributed by atoms with van der Waals surface area (Å²) in [7, 11) is 0. The highest BCUT2D eigenvalue weighted by Gasteiger charge is 2.29. The fourth-order valence-corrected chi connectivity index (χ4v) is 3.03. The average molecular weight is 313 g/mol. The molecule has 0 N–H and O–H groups in total. The van der Waals surface area contributed by atoms with Gasteiger partial charge in [-0.15, -0.1) is 0 Å². The molecule has 1 aliphatic heterocycles. The molecule has 1 fully saturated rings. The summed E-state index contributed by atoms with van der Waals surface area (Å²) in [5, 5.41) is 3.97. The molecule has 1 aromatic heterocycles. The number of hydrogen-bond donors (Lipinski definition) is 0. The van der Waals surface area contributed by atoms with Gasteiger partial charge in [-0.05, 0) is 24.8 Å². The summed E-state index contributed by atoms with van der Waals surface area (Å²) in [6.07, 6.45) is 4.12. The van der Waals surface area contributed by atoms with Crippen molar-refractivity contribution in [3.63, 3.8) is 0 Å². The van der Waals surface area contributed by atoms with Crippen LogP contribution >= 0.6 is 0 Å². The van der Waals surface area contributed by atoms with Crippen molar-refractivity contribution < 1.29 is 9.32 Å². The Morgan fingerprint density at radius 2 is 2.13 bits per heavy atom. The second-order valence-corrected chi connectivity index (χ2v) is 6.07. The fourth-order valence-electron chi connectivity index (χ4n) is 3.03. The highest BCUT2D eigenvalue weighted by atomic mass is 16.5. The third-order valence-corrected chi connectivity index (χ3v) is 4.39. The molecule has 1 saturated heterocycles. The lowest BCUT2D eigenvalue weighted by atomic mass is 9.97. The van der Waals surface area contributed by atoms with Crippen molar-refractivity contribution in [2.24, 2.45) is 0 Å². The molecule has 1 aliphatic rings. The van der Waals surface area contributed by atoms with Gasteiger partial charge in [0.15, 0.2) is 5.82 Å². The van der Waals surface area contributed by atoms with Crippen LogP contribution in [0.1, 0.15) is 49.4 Å². The molecule has 5 nitrogen and oxygen atoms in total. The number of aromatic nitrogens is 2. The number of nitrogens with zero attached hydrogens (tertiary/aromatic N) is 3. The molecule has 1 unspecified atom stereocenters. The Bertz CT molecular complexity index is 639. The van der Waals surface area contributed by atoms with Gasteiger partial charge in [-0.2, -0.15) is 4.98 Å². The molecule has 2 heterocycles. The van der Waals surface area contributed by atoms with Crippen molar-refractivity contribution >= 4 is 5.91 Å². The topological polar surface area (TPSA) is 59.2 Å². The first-order chi connectivity index (χ1) is 11.3. The maximum Gasteiger partial charge on any atom is 0.231 e. The number of hydrogen-bond acceptors (Lipinski definition) is 4. The molecule has 1 atom stereocenters. The van der Waals surface area contributed by atoms with Gasteiger partial charge in [-0.25, -0.2) is 0 Å². The van der Waals surface area contributed by atoms with Gasteiger partial charge in [0.05, 0.1) is 5.92 Å². The lowest BCUT2D eigenvalue weighted by molar-refractivity contribution is -0.134. The van der Waals surface area contributed by atoms with Crippen molar-refractivity contribution in [2.75, 3.05) is 13.1 Å². The van der Waals surface area contributed by atoms with Gasteiger partial charge in [0.1, 0.15) is 0 Å². The number of benzene rings is 1. The number of likely N-dealkylation sites (tertiary alicyclic amines) is 1. The Hall–Kier alpha value is -2.17. The van der Waals surface area contributed by atoms with Crippen LogP contribution in [0.2, 0.25) is 0 Å². The van der Waals surface area contributed by atoms with Gasteiger partial charge in [0.2, 0.25) is 11.8 Å². The minimum Gasteiger partial charge on any atom is -0.342 e. The predicted molar refractivity (Wildman–Crippen MR) is 87.0 cm³/mol. The first-order valence-corrected chi connectivity index (χ1v) is 8.40. The zero-order chi connectivity index (χ0) is 16.1. The lowest BCUT2D eigenvalue weighted by Gasteiger charge is -2.31. The number of amides is 1. The predicted octanol–water partition coefficient (Wildman–Crippen LogP) is 2.97. The minimum atomic E-state index is 0.178. The van der Waals surface area contributed by atoms with Gasteiger partial charge in [0.25, 0.3) is 0 Å². The lowest BCUT2D eigenvalue weighted by Crippen LogP contribution is -2.39. The number of rotatable bonds is 6. The van der Waals surface area contributed by atoms with E-state index >= 15 is 0 Å². The number of carbonyl (C=O) groups excluding carboxylic acids is 1. The van der Waals surface area contributed by atoms with E-state index in [1.54, 1.807) is 0 Å². The summed E-state index contributed by atoms with van der Waals surface area (Å²) >= 11 is 0. The third-order valence-electron chi connectivity index (χ3n) is 4.39. The number of carbonyl (C=O) groups is 1. The summed E-state index contributed by atoms with van der Waals surface area (Å²) in [6.45, 7) is 3.49. The first-order valence-electron chi connectivity index (χ1n) is 8.40. The van der Waals surface area contributed by atoms with E-state index < -0.39 is 0 Å². The van der Waals surface area contributed by atoms with E-state index in [0.29, 0.717) is 18.9 Å². The molecule has 23 heavy (non-hydrogen) atoms. The second-order valence-electron chi connectivity index (χ2n) is 6.07. The molecule has 122 valence electrons. The highest BCUT2D eigenvalue weighted by molar-refractivity contribution is 5.77. The molecule has 5 heteroatoms. The zero-order valence-electron chi connectivity index (χ0n) is 13.6. The Balaban J connectivity index is 1.54. The second kappa shape index (κ2) is 7.40. The molecule has 0 spiro atoms. The summed E-state index contributed by atoms with van der Waals surface area (Å²) < 4.78 is 5.35. The fraction of sp³-hybridized carbons (Fsp3) is 0.500. The van der Waals surface area contributed by atoms with E-state index in [2.05, 4.69) is 34.4 Å². The molecule has 0 bridgehead atoms. The van der Waals surface area contributed by atoms with Gasteiger partial charge < -0.3 is 9.42 Å². The standard InChI is InChI=1S/C18H23N3O2/c1-2-16-19-18(23-20-16)15-10-11-17(22)21(13-15)12-6-9-14-7-4-3-5-8-14/h3-5,7-8,15H,2,6,9-13H2,1H3. The molecule has 0 saturated carbocycles. The molecular weight excluding hydrogens is 290 g/mol. The SMILES string of the molecule is CCc1noc(C2CCC(=O)N(CCCc3ccccc3)C2)n1. The van der Waals surface area contributed by atoms with Gasteiger partial charge in [0, 0.05) is 25.9 Å². The van der Waals surface area contributed by atoms with E-state index in [0.717, 1.165) is 38.1 Å². The molecule has 0 radical (unpaired) electrons. The normalized spacial score (nSPS) is 18.4. The van der Waals surface area contributed by atoms with E-state index in [9.17, 15) is 4.79 Å². The van der Waals surface area contributed by atoms with Crippen LogP contribution in [0, 0.1) is 0 Å². The third kappa shape index (κ3) is 3.97. The Morgan fingerprint density at radius 3 is 2.87 bits per heavy atom. The van der Waals surface area contributed by atoms with Gasteiger partial charge in [-0.1, -0.05) is 42.4 Å². The highest BCUT2D eigenvalue weighted by Crippen LogP contribution is 2.26. The summed E-state index contributed by atoms with van der Waals surface area (Å²) in [5.41, 5.74) is 1.32.